The van der Waals surface area contributed by atoms with Gasteiger partial charge < -0.3 is 25.1 Å². The number of hydrogen-bond donors (Lipinski definition) is 2. The van der Waals surface area contributed by atoms with Crippen LogP contribution in [-0.4, -0.2) is 105 Å². The molecule has 0 spiro atoms. The predicted octanol–water partition coefficient (Wildman–Crippen LogP) is 2.10. The molecule has 5 atom stereocenters. The molecule has 0 radical (unpaired) electrons. The van der Waals surface area contributed by atoms with Crippen molar-refractivity contribution in [1.29, 1.82) is 0 Å². The molecule has 210 valence electrons. The van der Waals surface area contributed by atoms with Crippen LogP contribution in [-0.2, 0) is 14.2 Å². The normalized spacial score (nSPS) is 30.8. The van der Waals surface area contributed by atoms with Crippen molar-refractivity contribution in [3.8, 4) is 0 Å². The van der Waals surface area contributed by atoms with Crippen LogP contribution in [0, 0.1) is 5.92 Å². The molecule has 3 N–H and O–H groups in total. The first-order valence-electron chi connectivity index (χ1n) is 13.2. The molecule has 0 aliphatic carbocycles. The number of likely N-dealkylation sites (tertiary alicyclic amines) is 1. The van der Waals surface area contributed by atoms with Crippen LogP contribution >= 0.6 is 0 Å². The second-order valence-corrected chi connectivity index (χ2v) is 11.0. The van der Waals surface area contributed by atoms with Crippen LogP contribution in [0.2, 0.25) is 0 Å². The molecule has 0 unspecified atom stereocenters. The molecule has 3 fully saturated rings. The number of aliphatic hydroxyl groups is 1. The second kappa shape index (κ2) is 10.7. The highest BCUT2D eigenvalue weighted by Gasteiger charge is 2.51. The lowest BCUT2D eigenvalue weighted by molar-refractivity contribution is -0.219. The van der Waals surface area contributed by atoms with Crippen molar-refractivity contribution in [2.24, 2.45) is 5.92 Å². The lowest BCUT2D eigenvalue weighted by atomic mass is 9.94. The smallest absolute Gasteiger partial charge is 0.262 e. The summed E-state index contributed by atoms with van der Waals surface area (Å²) in [6, 6.07) is 3.37. The van der Waals surface area contributed by atoms with Gasteiger partial charge in [0.15, 0.2) is 11.6 Å². The number of ether oxygens (including phenoxy) is 3. The van der Waals surface area contributed by atoms with Crippen molar-refractivity contribution in [3.63, 3.8) is 0 Å². The third-order valence-electron chi connectivity index (χ3n) is 7.71. The Kier molecular flexibility index (Phi) is 7.73. The molecule has 5 rings (SSSR count). The van der Waals surface area contributed by atoms with Crippen LogP contribution in [0.15, 0.2) is 31.1 Å². The van der Waals surface area contributed by atoms with E-state index in [1.165, 1.54) is 6.33 Å². The van der Waals surface area contributed by atoms with E-state index in [4.69, 9.17) is 19.9 Å². The fraction of sp³-hybridized carbons (Fsp3) is 0.692. The number of aromatic nitrogens is 3. The summed E-state index contributed by atoms with van der Waals surface area (Å²) in [5.41, 5.74) is 7.32. The summed E-state index contributed by atoms with van der Waals surface area (Å²) in [6.07, 6.45) is 1.83. The van der Waals surface area contributed by atoms with E-state index in [9.17, 15) is 13.9 Å². The maximum Gasteiger partial charge on any atom is 0.262 e. The predicted molar refractivity (Wildman–Crippen MR) is 137 cm³/mol. The van der Waals surface area contributed by atoms with E-state index in [1.54, 1.807) is 30.5 Å². The molecule has 2 aromatic rings. The highest BCUT2D eigenvalue weighted by atomic mass is 19.3. The molecular weight excluding hydrogens is 498 g/mol. The summed E-state index contributed by atoms with van der Waals surface area (Å²) in [5.74, 6) is -4.24. The van der Waals surface area contributed by atoms with E-state index < -0.39 is 30.0 Å². The van der Waals surface area contributed by atoms with Crippen LogP contribution in [0.4, 0.5) is 14.6 Å². The number of nitrogens with zero attached hydrogens (tertiary/aromatic N) is 5. The van der Waals surface area contributed by atoms with Gasteiger partial charge in [0.2, 0.25) is 0 Å². The number of fused-ring (bicyclic) bond motifs is 1. The van der Waals surface area contributed by atoms with Gasteiger partial charge in [-0.1, -0.05) is 6.08 Å². The molecule has 12 heteroatoms. The molecule has 3 saturated heterocycles. The molecule has 3 aliphatic heterocycles. The van der Waals surface area contributed by atoms with Gasteiger partial charge in [-0.25, -0.2) is 18.3 Å². The maximum absolute atomic E-state index is 14.7. The average molecular weight is 537 g/mol. The maximum atomic E-state index is 14.7. The Labute approximate surface area is 221 Å². The first-order valence-corrected chi connectivity index (χ1v) is 13.2. The molecule has 10 nitrogen and oxygen atoms in total. The van der Waals surface area contributed by atoms with E-state index in [-0.39, 0.29) is 24.9 Å². The van der Waals surface area contributed by atoms with Crippen LogP contribution < -0.4 is 5.73 Å². The van der Waals surface area contributed by atoms with Gasteiger partial charge >= 0.3 is 0 Å². The third kappa shape index (κ3) is 5.85. The molecule has 0 amide bonds. The van der Waals surface area contributed by atoms with Crippen molar-refractivity contribution in [1.82, 2.24) is 24.4 Å². The molecule has 38 heavy (non-hydrogen) atoms. The lowest BCUT2D eigenvalue weighted by Gasteiger charge is -2.32. The molecule has 3 aliphatic rings. The molecular formula is C26H38F2N6O4. The Morgan fingerprint density at radius 3 is 2.79 bits per heavy atom. The van der Waals surface area contributed by atoms with Crippen molar-refractivity contribution < 1.29 is 28.1 Å². The summed E-state index contributed by atoms with van der Waals surface area (Å²) in [6.45, 7) is 10.8. The van der Waals surface area contributed by atoms with E-state index >= 15 is 0 Å². The molecule has 0 bridgehead atoms. The highest BCUT2D eigenvalue weighted by Crippen LogP contribution is 2.44. The summed E-state index contributed by atoms with van der Waals surface area (Å²) in [4.78, 5) is 8.16. The third-order valence-corrected chi connectivity index (χ3v) is 7.71. The van der Waals surface area contributed by atoms with Crippen molar-refractivity contribution in [2.75, 3.05) is 51.7 Å². The fourth-order valence-corrected chi connectivity index (χ4v) is 5.97. The first-order chi connectivity index (χ1) is 18.0. The van der Waals surface area contributed by atoms with Gasteiger partial charge in [-0.05, 0) is 38.9 Å². The number of hydrogen-bond acceptors (Lipinski definition) is 9. The van der Waals surface area contributed by atoms with Gasteiger partial charge in [0.1, 0.15) is 24.1 Å². The monoisotopic (exact) mass is 536 g/mol. The van der Waals surface area contributed by atoms with E-state index in [1.807, 2.05) is 11.0 Å². The van der Waals surface area contributed by atoms with Gasteiger partial charge in [0, 0.05) is 38.0 Å². The summed E-state index contributed by atoms with van der Waals surface area (Å²) in [5, 5.41) is 14.9. The summed E-state index contributed by atoms with van der Waals surface area (Å²) >= 11 is 0. The second-order valence-electron chi connectivity index (χ2n) is 11.0. The quantitative estimate of drug-likeness (QED) is 0.368. The molecule has 0 saturated carbocycles. The minimum Gasteiger partial charge on any atom is -0.382 e. The number of rotatable bonds is 9. The van der Waals surface area contributed by atoms with Crippen LogP contribution in [0.5, 0.6) is 0 Å². The van der Waals surface area contributed by atoms with Crippen molar-refractivity contribution in [3.05, 3.63) is 36.8 Å². The standard InChI is InChI=1S/C26H38F2N6O4/c1-4-18-21(14-33-15-26(27,28)13-17(33)7-8-32-9-11-36-12-10-32)37-23(22(18)38-25(2,3)35)19-5-6-20-24(29)30-16-31-34(19)20/h4-6,16-18,21-23,35H,1,7-15H2,2-3H3,(H2,29,30,31)/t17-,18-,21-,22-,23+/m1/s1. The highest BCUT2D eigenvalue weighted by molar-refractivity contribution is 5.65. The SMILES string of the molecule is C=C[C@H]1[C@@H](OC(C)(C)O)[C@H](c2ccc3c(N)ncnn23)O[C@@H]1CN1CC(F)(F)C[C@H]1CCN1CCOCC1. The van der Waals surface area contributed by atoms with E-state index in [0.29, 0.717) is 43.2 Å². The number of morpholine rings is 1. The zero-order chi connectivity index (χ0) is 27.1. The van der Waals surface area contributed by atoms with E-state index in [2.05, 4.69) is 21.6 Å². The van der Waals surface area contributed by atoms with Crippen LogP contribution in [0.1, 0.15) is 38.5 Å². The zero-order valence-corrected chi connectivity index (χ0v) is 22.0. The number of halogens is 2. The van der Waals surface area contributed by atoms with Crippen LogP contribution in [0.25, 0.3) is 5.52 Å². The largest absolute Gasteiger partial charge is 0.382 e. The van der Waals surface area contributed by atoms with Crippen molar-refractivity contribution in [2.45, 2.75) is 62.8 Å². The van der Waals surface area contributed by atoms with Crippen LogP contribution in [0.3, 0.4) is 0 Å². The summed E-state index contributed by atoms with van der Waals surface area (Å²) < 4.78 is 49.0. The Balaban J connectivity index is 1.38. The average Bonchev–Trinajstić information content (AvgIpc) is 3.51. The number of alkyl halides is 2. The fourth-order valence-electron chi connectivity index (χ4n) is 5.97. The van der Waals surface area contributed by atoms with E-state index in [0.717, 1.165) is 19.6 Å². The number of anilines is 1. The van der Waals surface area contributed by atoms with Gasteiger partial charge in [0.25, 0.3) is 5.92 Å². The first kappa shape index (κ1) is 27.4. The van der Waals surface area contributed by atoms with Gasteiger partial charge in [-0.3, -0.25) is 9.80 Å². The lowest BCUT2D eigenvalue weighted by Crippen LogP contribution is -2.43. The number of nitrogen functional groups attached to an aromatic ring is 1. The Morgan fingerprint density at radius 2 is 2.08 bits per heavy atom. The Morgan fingerprint density at radius 1 is 1.32 bits per heavy atom. The molecule has 5 heterocycles. The van der Waals surface area contributed by atoms with Gasteiger partial charge in [-0.2, -0.15) is 5.10 Å². The Bertz CT molecular complexity index is 1120. The minimum atomic E-state index is -2.76. The van der Waals surface area contributed by atoms with Crippen molar-refractivity contribution >= 4 is 11.3 Å². The number of nitrogens with two attached hydrogens (primary N) is 1. The van der Waals surface area contributed by atoms with Gasteiger partial charge in [-0.15, -0.1) is 6.58 Å². The topological polar surface area (TPSA) is 111 Å². The zero-order valence-electron chi connectivity index (χ0n) is 22.0. The van der Waals surface area contributed by atoms with Gasteiger partial charge in [0.05, 0.1) is 31.6 Å². The molecule has 0 aromatic carbocycles. The Hall–Kier alpha value is -2.22. The minimum absolute atomic E-state index is 0.171. The summed E-state index contributed by atoms with van der Waals surface area (Å²) in [7, 11) is 0. The molecule has 2 aromatic heterocycles.